The van der Waals surface area contributed by atoms with Gasteiger partial charge in [0.2, 0.25) is 0 Å². The summed E-state index contributed by atoms with van der Waals surface area (Å²) >= 11 is 0. The Hall–Kier alpha value is -1.11. The maximum absolute atomic E-state index is 4.07. The Balaban J connectivity index is 3.04. The van der Waals surface area contributed by atoms with Crippen molar-refractivity contribution in [2.75, 3.05) is 0 Å². The van der Waals surface area contributed by atoms with Crippen LogP contribution in [0.3, 0.4) is 0 Å². The lowest BCUT2D eigenvalue weighted by Crippen LogP contribution is -2.12. The molecule has 1 aromatic rings. The van der Waals surface area contributed by atoms with Crippen molar-refractivity contribution in [3.63, 3.8) is 0 Å². The van der Waals surface area contributed by atoms with Crippen LogP contribution in [0.15, 0.2) is 29.3 Å². The van der Waals surface area contributed by atoms with E-state index < -0.39 is 0 Å². The zero-order valence-electron chi connectivity index (χ0n) is 7.96. The van der Waals surface area contributed by atoms with Crippen LogP contribution in [0.5, 0.6) is 0 Å². The van der Waals surface area contributed by atoms with Crippen molar-refractivity contribution < 1.29 is 0 Å². The molecule has 0 spiro atoms. The number of aliphatic imine (C=N–C) groups is 1. The first kappa shape index (κ1) is 8.98. The highest BCUT2D eigenvalue weighted by Crippen LogP contribution is 2.23. The topological polar surface area (TPSA) is 12.4 Å². The third kappa shape index (κ3) is 1.73. The van der Waals surface area contributed by atoms with Gasteiger partial charge in [0, 0.05) is 0 Å². The number of rotatable bonds is 2. The van der Waals surface area contributed by atoms with Gasteiger partial charge in [0.15, 0.2) is 0 Å². The van der Waals surface area contributed by atoms with Crippen LogP contribution in [0.2, 0.25) is 0 Å². The number of aryl methyl sites for hydroxylation is 1. The van der Waals surface area contributed by atoms with Gasteiger partial charge in [0.1, 0.15) is 0 Å². The summed E-state index contributed by atoms with van der Waals surface area (Å²) in [6.07, 6.45) is 0. The molecule has 0 aliphatic carbocycles. The predicted molar refractivity (Wildman–Crippen MR) is 53.8 cm³/mol. The molecule has 0 amide bonds. The van der Waals surface area contributed by atoms with E-state index in [9.17, 15) is 0 Å². The number of nitrogens with zero attached hydrogens (tertiary/aromatic N) is 1. The van der Waals surface area contributed by atoms with Gasteiger partial charge in [-0.25, -0.2) is 0 Å². The van der Waals surface area contributed by atoms with Crippen LogP contribution in [0.25, 0.3) is 0 Å². The van der Waals surface area contributed by atoms with Gasteiger partial charge in [-0.2, -0.15) is 0 Å². The molecule has 0 unspecified atom stereocenters. The number of hydrogen-bond acceptors (Lipinski definition) is 1. The maximum atomic E-state index is 4.07. The normalized spacial score (nSPS) is 11.2. The average molecular weight is 161 g/mol. The number of benzene rings is 1. The van der Waals surface area contributed by atoms with Gasteiger partial charge in [0.05, 0.1) is 5.54 Å². The predicted octanol–water partition coefficient (Wildman–Crippen LogP) is 2.93. The van der Waals surface area contributed by atoms with Crippen molar-refractivity contribution in [1.82, 2.24) is 0 Å². The summed E-state index contributed by atoms with van der Waals surface area (Å²) < 4.78 is 0. The summed E-state index contributed by atoms with van der Waals surface area (Å²) in [5.41, 5.74) is 2.33. The maximum Gasteiger partial charge on any atom is 0.0793 e. The van der Waals surface area contributed by atoms with Crippen LogP contribution >= 0.6 is 0 Å². The molecule has 0 aliphatic heterocycles. The highest BCUT2D eigenvalue weighted by molar-refractivity contribution is 5.32. The van der Waals surface area contributed by atoms with E-state index in [1.807, 2.05) is 0 Å². The van der Waals surface area contributed by atoms with E-state index in [1.54, 1.807) is 0 Å². The van der Waals surface area contributed by atoms with E-state index in [2.05, 4.69) is 56.7 Å². The Morgan fingerprint density at radius 1 is 1.17 bits per heavy atom. The third-order valence-electron chi connectivity index (χ3n) is 2.15. The molecule has 0 fully saturated rings. The highest BCUT2D eigenvalue weighted by atomic mass is 14.8. The quantitative estimate of drug-likeness (QED) is 0.591. The van der Waals surface area contributed by atoms with Gasteiger partial charge in [0.25, 0.3) is 0 Å². The minimum atomic E-state index is -0.159. The van der Waals surface area contributed by atoms with Gasteiger partial charge in [-0.3, -0.25) is 4.99 Å². The Labute approximate surface area is 74.2 Å². The SMILES string of the molecule is C=NC(C)(C)c1ccc(C)cc1. The van der Waals surface area contributed by atoms with E-state index >= 15 is 0 Å². The average Bonchev–Trinajstić information content (AvgIpc) is 2.05. The molecule has 1 heteroatoms. The van der Waals surface area contributed by atoms with E-state index in [-0.39, 0.29) is 5.54 Å². The highest BCUT2D eigenvalue weighted by Gasteiger charge is 2.16. The largest absolute Gasteiger partial charge is 0.290 e. The van der Waals surface area contributed by atoms with E-state index in [0.717, 1.165) is 0 Å². The second-order valence-electron chi connectivity index (χ2n) is 3.58. The Kier molecular flexibility index (Phi) is 2.32. The van der Waals surface area contributed by atoms with Gasteiger partial charge >= 0.3 is 0 Å². The summed E-state index contributed by atoms with van der Waals surface area (Å²) in [4.78, 5) is 4.07. The summed E-state index contributed by atoms with van der Waals surface area (Å²) in [7, 11) is 0. The minimum Gasteiger partial charge on any atom is -0.290 e. The first-order valence-electron chi connectivity index (χ1n) is 4.11. The Morgan fingerprint density at radius 3 is 2.08 bits per heavy atom. The van der Waals surface area contributed by atoms with Crippen LogP contribution in [-0.2, 0) is 5.54 Å². The number of hydrogen-bond donors (Lipinski definition) is 0. The van der Waals surface area contributed by atoms with Crippen molar-refractivity contribution >= 4 is 6.72 Å². The van der Waals surface area contributed by atoms with Crippen LogP contribution in [0.4, 0.5) is 0 Å². The Bertz CT molecular complexity index is 270. The molecule has 64 valence electrons. The smallest absolute Gasteiger partial charge is 0.0793 e. The summed E-state index contributed by atoms with van der Waals surface area (Å²) in [6.45, 7) is 9.78. The van der Waals surface area contributed by atoms with Crippen LogP contribution in [-0.4, -0.2) is 6.72 Å². The first-order valence-corrected chi connectivity index (χ1v) is 4.11. The summed E-state index contributed by atoms with van der Waals surface area (Å²) in [5, 5.41) is 0. The zero-order valence-corrected chi connectivity index (χ0v) is 7.96. The van der Waals surface area contributed by atoms with Crippen molar-refractivity contribution in [3.05, 3.63) is 35.4 Å². The second kappa shape index (κ2) is 3.10. The van der Waals surface area contributed by atoms with E-state index in [1.165, 1.54) is 11.1 Å². The summed E-state index contributed by atoms with van der Waals surface area (Å²) in [5.74, 6) is 0. The monoisotopic (exact) mass is 161 g/mol. The van der Waals surface area contributed by atoms with Crippen molar-refractivity contribution in [2.24, 2.45) is 4.99 Å². The fourth-order valence-corrected chi connectivity index (χ4v) is 1.05. The minimum absolute atomic E-state index is 0.159. The standard InChI is InChI=1S/C11H15N/c1-9-5-7-10(8-6-9)11(2,3)12-4/h5-8H,4H2,1-3H3. The lowest BCUT2D eigenvalue weighted by molar-refractivity contribution is 0.563. The second-order valence-corrected chi connectivity index (χ2v) is 3.58. The van der Waals surface area contributed by atoms with Gasteiger partial charge in [-0.1, -0.05) is 29.8 Å². The van der Waals surface area contributed by atoms with Gasteiger partial charge in [-0.15, -0.1) is 0 Å². The molecule has 0 bridgehead atoms. The van der Waals surface area contributed by atoms with Crippen molar-refractivity contribution in [1.29, 1.82) is 0 Å². The lowest BCUT2D eigenvalue weighted by atomic mass is 9.94. The van der Waals surface area contributed by atoms with Gasteiger partial charge < -0.3 is 0 Å². The van der Waals surface area contributed by atoms with Crippen LogP contribution in [0.1, 0.15) is 25.0 Å². The molecule has 0 radical (unpaired) electrons. The lowest BCUT2D eigenvalue weighted by Gasteiger charge is -2.19. The molecule has 1 nitrogen and oxygen atoms in total. The molecule has 1 rings (SSSR count). The van der Waals surface area contributed by atoms with Crippen molar-refractivity contribution in [3.8, 4) is 0 Å². The summed E-state index contributed by atoms with van der Waals surface area (Å²) in [6, 6.07) is 8.40. The molecule has 0 aliphatic rings. The zero-order chi connectivity index (χ0) is 9.19. The molecule has 12 heavy (non-hydrogen) atoms. The third-order valence-corrected chi connectivity index (χ3v) is 2.15. The molecule has 0 aromatic heterocycles. The fourth-order valence-electron chi connectivity index (χ4n) is 1.05. The molecule has 0 atom stereocenters. The molecular weight excluding hydrogens is 146 g/mol. The molecule has 0 heterocycles. The Morgan fingerprint density at radius 2 is 1.67 bits per heavy atom. The van der Waals surface area contributed by atoms with E-state index in [4.69, 9.17) is 0 Å². The molecule has 0 saturated heterocycles. The van der Waals surface area contributed by atoms with Crippen LogP contribution in [0, 0.1) is 6.92 Å². The molecule has 0 saturated carbocycles. The molecule has 0 N–H and O–H groups in total. The molecule has 1 aromatic carbocycles. The fraction of sp³-hybridized carbons (Fsp3) is 0.364. The molecular formula is C11H15N. The first-order chi connectivity index (χ1) is 5.56. The van der Waals surface area contributed by atoms with E-state index in [0.29, 0.717) is 0 Å². The van der Waals surface area contributed by atoms with Gasteiger partial charge in [-0.05, 0) is 33.1 Å². The van der Waals surface area contributed by atoms with Crippen LogP contribution < -0.4 is 0 Å². The van der Waals surface area contributed by atoms with Crippen molar-refractivity contribution in [2.45, 2.75) is 26.3 Å².